The standard InChI is InChI=1S/C9H10Cl2O2S/c1-6-3-4-9(10)7(2)8(6)5-14(11,12)13/h3-4H,5H2,1-2H3. The van der Waals surface area contributed by atoms with Crippen molar-refractivity contribution in [3.63, 3.8) is 0 Å². The first-order valence-electron chi connectivity index (χ1n) is 3.98. The minimum atomic E-state index is -3.53. The zero-order chi connectivity index (χ0) is 10.9. The van der Waals surface area contributed by atoms with Crippen LogP contribution in [0.15, 0.2) is 12.1 Å². The lowest BCUT2D eigenvalue weighted by Gasteiger charge is -2.09. The predicted octanol–water partition coefficient (Wildman–Crippen LogP) is 3.03. The fourth-order valence-electron chi connectivity index (χ4n) is 1.26. The summed E-state index contributed by atoms with van der Waals surface area (Å²) >= 11 is 5.88. The molecule has 1 aromatic carbocycles. The van der Waals surface area contributed by atoms with Crippen molar-refractivity contribution in [1.29, 1.82) is 0 Å². The SMILES string of the molecule is Cc1ccc(Cl)c(C)c1CS(=O)(=O)Cl. The van der Waals surface area contributed by atoms with Crippen molar-refractivity contribution in [2.75, 3.05) is 0 Å². The third kappa shape index (κ3) is 2.87. The van der Waals surface area contributed by atoms with Gasteiger partial charge in [-0.1, -0.05) is 17.7 Å². The summed E-state index contributed by atoms with van der Waals surface area (Å²) in [4.78, 5) is 0. The van der Waals surface area contributed by atoms with E-state index in [0.29, 0.717) is 10.6 Å². The lowest BCUT2D eigenvalue weighted by Crippen LogP contribution is -2.00. The fourth-order valence-corrected chi connectivity index (χ4v) is 2.55. The molecule has 2 nitrogen and oxygen atoms in total. The number of aryl methyl sites for hydroxylation is 1. The van der Waals surface area contributed by atoms with Crippen molar-refractivity contribution < 1.29 is 8.42 Å². The first-order valence-corrected chi connectivity index (χ1v) is 6.84. The highest BCUT2D eigenvalue weighted by Crippen LogP contribution is 2.24. The van der Waals surface area contributed by atoms with E-state index in [1.807, 2.05) is 6.92 Å². The molecule has 0 aromatic heterocycles. The highest BCUT2D eigenvalue weighted by molar-refractivity contribution is 8.13. The first kappa shape index (κ1) is 11.8. The molecule has 78 valence electrons. The van der Waals surface area contributed by atoms with Gasteiger partial charge in [-0.2, -0.15) is 0 Å². The summed E-state index contributed by atoms with van der Waals surface area (Å²) in [5, 5.41) is 0.561. The van der Waals surface area contributed by atoms with E-state index in [0.717, 1.165) is 11.1 Å². The summed E-state index contributed by atoms with van der Waals surface area (Å²) in [5.74, 6) is -0.174. The highest BCUT2D eigenvalue weighted by Gasteiger charge is 2.13. The maximum absolute atomic E-state index is 10.9. The molecule has 0 amide bonds. The van der Waals surface area contributed by atoms with Gasteiger partial charge in [0.15, 0.2) is 0 Å². The Labute approximate surface area is 93.3 Å². The Hall–Kier alpha value is -0.250. The second kappa shape index (κ2) is 4.09. The molecule has 1 aromatic rings. The van der Waals surface area contributed by atoms with Crippen LogP contribution < -0.4 is 0 Å². The van der Waals surface area contributed by atoms with E-state index in [-0.39, 0.29) is 5.75 Å². The van der Waals surface area contributed by atoms with Gasteiger partial charge < -0.3 is 0 Å². The molecule has 0 spiro atoms. The van der Waals surface area contributed by atoms with Crippen molar-refractivity contribution in [1.82, 2.24) is 0 Å². The molecule has 14 heavy (non-hydrogen) atoms. The Kier molecular flexibility index (Phi) is 3.45. The van der Waals surface area contributed by atoms with Crippen LogP contribution in [0.5, 0.6) is 0 Å². The van der Waals surface area contributed by atoms with Crippen LogP contribution in [0.25, 0.3) is 0 Å². The Balaban J connectivity index is 3.27. The van der Waals surface area contributed by atoms with E-state index >= 15 is 0 Å². The van der Waals surface area contributed by atoms with Gasteiger partial charge in [-0.25, -0.2) is 8.42 Å². The fraction of sp³-hybridized carbons (Fsp3) is 0.333. The summed E-state index contributed by atoms with van der Waals surface area (Å²) in [6, 6.07) is 3.53. The number of hydrogen-bond acceptors (Lipinski definition) is 2. The Morgan fingerprint density at radius 3 is 2.36 bits per heavy atom. The summed E-state index contributed by atoms with van der Waals surface area (Å²) in [7, 11) is 1.67. The van der Waals surface area contributed by atoms with Crippen LogP contribution >= 0.6 is 22.3 Å². The highest BCUT2D eigenvalue weighted by atomic mass is 35.7. The zero-order valence-electron chi connectivity index (χ0n) is 7.84. The van der Waals surface area contributed by atoms with Gasteiger partial charge in [-0.15, -0.1) is 0 Å². The summed E-state index contributed by atoms with van der Waals surface area (Å²) in [6.45, 7) is 3.62. The predicted molar refractivity (Wildman–Crippen MR) is 59.4 cm³/mol. The van der Waals surface area contributed by atoms with Gasteiger partial charge in [0.1, 0.15) is 0 Å². The summed E-state index contributed by atoms with van der Waals surface area (Å²) in [5.41, 5.74) is 2.35. The van der Waals surface area contributed by atoms with Gasteiger partial charge in [0.25, 0.3) is 0 Å². The minimum Gasteiger partial charge on any atom is -0.212 e. The maximum Gasteiger partial charge on any atom is 0.236 e. The number of benzene rings is 1. The molecular formula is C9H10Cl2O2S. The topological polar surface area (TPSA) is 34.1 Å². The summed E-state index contributed by atoms with van der Waals surface area (Å²) < 4.78 is 21.9. The summed E-state index contributed by atoms with van der Waals surface area (Å²) in [6.07, 6.45) is 0. The Morgan fingerprint density at radius 2 is 1.86 bits per heavy atom. The van der Waals surface area contributed by atoms with Crippen LogP contribution in [0.1, 0.15) is 16.7 Å². The molecule has 0 fully saturated rings. The molecule has 0 aliphatic rings. The van der Waals surface area contributed by atoms with E-state index in [2.05, 4.69) is 0 Å². The lowest BCUT2D eigenvalue weighted by atomic mass is 10.0. The second-order valence-corrected chi connectivity index (χ2v) is 6.34. The lowest BCUT2D eigenvalue weighted by molar-refractivity contribution is 0.608. The monoisotopic (exact) mass is 252 g/mol. The normalized spacial score (nSPS) is 11.7. The van der Waals surface area contributed by atoms with E-state index < -0.39 is 9.05 Å². The molecule has 0 heterocycles. The molecule has 0 saturated heterocycles. The molecule has 0 unspecified atom stereocenters. The van der Waals surface area contributed by atoms with Crippen LogP contribution in [-0.2, 0) is 14.8 Å². The van der Waals surface area contributed by atoms with Crippen molar-refractivity contribution in [2.45, 2.75) is 19.6 Å². The molecule has 1 rings (SSSR count). The Bertz CT molecular complexity index is 452. The average molecular weight is 253 g/mol. The van der Waals surface area contributed by atoms with Crippen LogP contribution in [0.2, 0.25) is 5.02 Å². The number of rotatable bonds is 2. The third-order valence-corrected chi connectivity index (χ3v) is 3.45. The molecule has 0 N–H and O–H groups in total. The van der Waals surface area contributed by atoms with Crippen LogP contribution in [0.3, 0.4) is 0 Å². The molecule has 5 heteroatoms. The van der Waals surface area contributed by atoms with Crippen LogP contribution in [0.4, 0.5) is 0 Å². The zero-order valence-corrected chi connectivity index (χ0v) is 10.2. The number of hydrogen-bond donors (Lipinski definition) is 0. The maximum atomic E-state index is 10.9. The van der Waals surface area contributed by atoms with Crippen LogP contribution in [-0.4, -0.2) is 8.42 Å². The number of halogens is 2. The van der Waals surface area contributed by atoms with Gasteiger partial charge >= 0.3 is 0 Å². The smallest absolute Gasteiger partial charge is 0.212 e. The van der Waals surface area contributed by atoms with Gasteiger partial charge in [-0.3, -0.25) is 0 Å². The molecule has 0 atom stereocenters. The molecular weight excluding hydrogens is 243 g/mol. The first-order chi connectivity index (χ1) is 6.31. The van der Waals surface area contributed by atoms with Crippen molar-refractivity contribution >= 4 is 31.3 Å². The van der Waals surface area contributed by atoms with Gasteiger partial charge in [0.2, 0.25) is 9.05 Å². The second-order valence-electron chi connectivity index (χ2n) is 3.15. The van der Waals surface area contributed by atoms with E-state index in [1.54, 1.807) is 19.1 Å². The van der Waals surface area contributed by atoms with Crippen LogP contribution in [0, 0.1) is 13.8 Å². The van der Waals surface area contributed by atoms with Gasteiger partial charge in [0.05, 0.1) is 5.75 Å². The van der Waals surface area contributed by atoms with E-state index in [4.69, 9.17) is 22.3 Å². The van der Waals surface area contributed by atoms with Gasteiger partial charge in [-0.05, 0) is 36.6 Å². The largest absolute Gasteiger partial charge is 0.236 e. The van der Waals surface area contributed by atoms with Crippen molar-refractivity contribution in [2.24, 2.45) is 0 Å². The van der Waals surface area contributed by atoms with Crippen molar-refractivity contribution in [3.05, 3.63) is 33.8 Å². The van der Waals surface area contributed by atoms with E-state index in [1.165, 1.54) is 0 Å². The molecule has 0 radical (unpaired) electrons. The van der Waals surface area contributed by atoms with Gasteiger partial charge in [0, 0.05) is 15.7 Å². The quantitative estimate of drug-likeness (QED) is 0.759. The molecule has 0 bridgehead atoms. The minimum absolute atomic E-state index is 0.174. The van der Waals surface area contributed by atoms with E-state index in [9.17, 15) is 8.42 Å². The Morgan fingerprint density at radius 1 is 1.29 bits per heavy atom. The average Bonchev–Trinajstić information content (AvgIpc) is 2.04. The molecule has 0 aliphatic carbocycles. The molecule has 0 saturated carbocycles. The molecule has 0 aliphatic heterocycles. The third-order valence-electron chi connectivity index (χ3n) is 2.08. The van der Waals surface area contributed by atoms with Crippen molar-refractivity contribution in [3.8, 4) is 0 Å².